The van der Waals surface area contributed by atoms with Gasteiger partial charge in [-0.05, 0) is 18.2 Å². The zero-order valence-electron chi connectivity index (χ0n) is 10.6. The van der Waals surface area contributed by atoms with Crippen LogP contribution < -0.4 is 0 Å². The summed E-state index contributed by atoms with van der Waals surface area (Å²) in [5.74, 6) is -2.07. The van der Waals surface area contributed by atoms with E-state index in [0.29, 0.717) is 12.1 Å². The summed E-state index contributed by atoms with van der Waals surface area (Å²) in [6, 6.07) is 2.12. The Balaban J connectivity index is 3.44. The third kappa shape index (κ3) is 3.33. The van der Waals surface area contributed by atoms with Gasteiger partial charge in [0.2, 0.25) is 0 Å². The van der Waals surface area contributed by atoms with Crippen LogP contribution in [0.2, 0.25) is 0 Å². The largest absolute Gasteiger partial charge is 0.478 e. The molecular formula is C13H13F3O3. The summed E-state index contributed by atoms with van der Waals surface area (Å²) in [5.41, 5.74) is -2.80. The first-order valence-electron chi connectivity index (χ1n) is 5.44. The molecule has 0 aliphatic heterocycles. The highest BCUT2D eigenvalue weighted by molar-refractivity contribution is 6.08. The van der Waals surface area contributed by atoms with Gasteiger partial charge in [-0.1, -0.05) is 20.8 Å². The monoisotopic (exact) mass is 274 g/mol. The van der Waals surface area contributed by atoms with E-state index in [2.05, 4.69) is 0 Å². The maximum atomic E-state index is 12.5. The van der Waals surface area contributed by atoms with Gasteiger partial charge in [-0.15, -0.1) is 0 Å². The molecule has 3 nitrogen and oxygen atoms in total. The molecule has 0 saturated carbocycles. The highest BCUT2D eigenvalue weighted by Gasteiger charge is 2.34. The van der Waals surface area contributed by atoms with Crippen molar-refractivity contribution < 1.29 is 27.9 Å². The number of hydrogen-bond donors (Lipinski definition) is 1. The van der Waals surface area contributed by atoms with Crippen molar-refractivity contribution in [3.63, 3.8) is 0 Å². The third-order valence-corrected chi connectivity index (χ3v) is 2.50. The number of carbonyl (C=O) groups excluding carboxylic acids is 1. The van der Waals surface area contributed by atoms with Crippen molar-refractivity contribution in [1.29, 1.82) is 0 Å². The molecule has 0 fully saturated rings. The first-order valence-corrected chi connectivity index (χ1v) is 5.44. The number of carboxylic acids is 1. The number of Topliss-reactive ketones (excluding diaryl/α,β-unsaturated/α-hetero) is 1. The number of alkyl halides is 3. The number of halogens is 3. The number of aromatic carboxylic acids is 1. The second-order valence-electron chi connectivity index (χ2n) is 5.14. The molecule has 0 aliphatic rings. The lowest BCUT2D eigenvalue weighted by atomic mass is 9.84. The minimum Gasteiger partial charge on any atom is -0.478 e. The van der Waals surface area contributed by atoms with Gasteiger partial charge >= 0.3 is 12.1 Å². The van der Waals surface area contributed by atoms with E-state index in [0.717, 1.165) is 6.07 Å². The molecule has 0 saturated heterocycles. The molecule has 6 heteroatoms. The number of ketones is 1. The molecule has 0 amide bonds. The topological polar surface area (TPSA) is 54.4 Å². The summed E-state index contributed by atoms with van der Waals surface area (Å²) in [5, 5.41) is 8.95. The molecule has 0 heterocycles. The first kappa shape index (κ1) is 15.2. The summed E-state index contributed by atoms with van der Waals surface area (Å²) in [6.07, 6.45) is -4.65. The van der Waals surface area contributed by atoms with Crippen LogP contribution in [0.15, 0.2) is 18.2 Å². The van der Waals surface area contributed by atoms with Gasteiger partial charge < -0.3 is 5.11 Å². The van der Waals surface area contributed by atoms with Crippen LogP contribution in [0.4, 0.5) is 13.2 Å². The van der Waals surface area contributed by atoms with E-state index in [1.54, 1.807) is 20.8 Å². The van der Waals surface area contributed by atoms with E-state index in [-0.39, 0.29) is 5.56 Å². The number of benzene rings is 1. The first-order chi connectivity index (χ1) is 8.44. The molecular weight excluding hydrogens is 261 g/mol. The van der Waals surface area contributed by atoms with Crippen molar-refractivity contribution in [2.45, 2.75) is 26.9 Å². The molecule has 1 aromatic rings. The Bertz CT molecular complexity index is 525. The van der Waals surface area contributed by atoms with Crippen molar-refractivity contribution in [3.8, 4) is 0 Å². The highest BCUT2D eigenvalue weighted by Crippen LogP contribution is 2.32. The van der Waals surface area contributed by atoms with Crippen molar-refractivity contribution in [1.82, 2.24) is 0 Å². The fourth-order valence-corrected chi connectivity index (χ4v) is 1.50. The quantitative estimate of drug-likeness (QED) is 0.838. The Kier molecular flexibility index (Phi) is 3.74. The zero-order valence-corrected chi connectivity index (χ0v) is 10.6. The van der Waals surface area contributed by atoms with E-state index >= 15 is 0 Å². The van der Waals surface area contributed by atoms with E-state index in [9.17, 15) is 22.8 Å². The van der Waals surface area contributed by atoms with Gasteiger partial charge in [-0.3, -0.25) is 4.79 Å². The summed E-state index contributed by atoms with van der Waals surface area (Å²) >= 11 is 0. The summed E-state index contributed by atoms with van der Waals surface area (Å²) in [4.78, 5) is 23.0. The highest BCUT2D eigenvalue weighted by atomic mass is 19.4. The smallest absolute Gasteiger partial charge is 0.416 e. The Labute approximate surface area is 108 Å². The van der Waals surface area contributed by atoms with Crippen LogP contribution in [0, 0.1) is 5.41 Å². The van der Waals surface area contributed by atoms with Gasteiger partial charge in [0.25, 0.3) is 0 Å². The molecule has 0 unspecified atom stereocenters. The predicted molar refractivity (Wildman–Crippen MR) is 62.2 cm³/mol. The number of rotatable bonds is 2. The second kappa shape index (κ2) is 4.68. The second-order valence-corrected chi connectivity index (χ2v) is 5.14. The van der Waals surface area contributed by atoms with Crippen molar-refractivity contribution in [2.75, 3.05) is 0 Å². The van der Waals surface area contributed by atoms with Gasteiger partial charge in [0.05, 0.1) is 11.1 Å². The lowest BCUT2D eigenvalue weighted by Gasteiger charge is -2.18. The Morgan fingerprint density at radius 2 is 1.58 bits per heavy atom. The average Bonchev–Trinajstić information content (AvgIpc) is 2.24. The maximum absolute atomic E-state index is 12.5. The molecule has 0 atom stereocenters. The predicted octanol–water partition coefficient (Wildman–Crippen LogP) is 3.63. The van der Waals surface area contributed by atoms with E-state index in [4.69, 9.17) is 5.11 Å². The molecule has 0 aromatic heterocycles. The fourth-order valence-electron chi connectivity index (χ4n) is 1.50. The molecule has 1 aromatic carbocycles. The molecule has 1 N–H and O–H groups in total. The van der Waals surface area contributed by atoms with E-state index in [1.165, 1.54) is 0 Å². The van der Waals surface area contributed by atoms with Crippen molar-refractivity contribution in [2.24, 2.45) is 5.41 Å². The summed E-state index contributed by atoms with van der Waals surface area (Å²) in [7, 11) is 0. The molecule has 19 heavy (non-hydrogen) atoms. The summed E-state index contributed by atoms with van der Waals surface area (Å²) < 4.78 is 37.6. The third-order valence-electron chi connectivity index (χ3n) is 2.50. The zero-order chi connectivity index (χ0) is 15.0. The Morgan fingerprint density at radius 3 is 1.95 bits per heavy atom. The minimum atomic E-state index is -4.65. The number of hydrogen-bond acceptors (Lipinski definition) is 2. The molecule has 1 rings (SSSR count). The minimum absolute atomic E-state index is 0.215. The van der Waals surface area contributed by atoms with Crippen LogP contribution in [0.3, 0.4) is 0 Å². The number of carbonyl (C=O) groups is 2. The molecule has 0 radical (unpaired) electrons. The molecule has 104 valence electrons. The maximum Gasteiger partial charge on any atom is 0.416 e. The van der Waals surface area contributed by atoms with Gasteiger partial charge in [0, 0.05) is 11.0 Å². The lowest BCUT2D eigenvalue weighted by Crippen LogP contribution is -2.23. The lowest BCUT2D eigenvalue weighted by molar-refractivity contribution is -0.137. The van der Waals surface area contributed by atoms with Crippen LogP contribution in [-0.4, -0.2) is 16.9 Å². The summed E-state index contributed by atoms with van der Waals surface area (Å²) in [6.45, 7) is 4.70. The van der Waals surface area contributed by atoms with Gasteiger partial charge in [0.15, 0.2) is 5.78 Å². The van der Waals surface area contributed by atoms with Crippen LogP contribution in [0.5, 0.6) is 0 Å². The standard InChI is InChI=1S/C13H13F3O3/c1-12(2,3)10(17)8-5-4-7(13(14,15)16)6-9(8)11(18)19/h4-6H,1-3H3,(H,18,19). The van der Waals surface area contributed by atoms with Crippen molar-refractivity contribution >= 4 is 11.8 Å². The van der Waals surface area contributed by atoms with Gasteiger partial charge in [0.1, 0.15) is 0 Å². The van der Waals surface area contributed by atoms with Crippen LogP contribution in [-0.2, 0) is 6.18 Å². The van der Waals surface area contributed by atoms with E-state index < -0.39 is 34.5 Å². The Hall–Kier alpha value is -1.85. The van der Waals surface area contributed by atoms with Crippen LogP contribution in [0.1, 0.15) is 47.1 Å². The number of carboxylic acid groups (broad SMARTS) is 1. The normalized spacial score (nSPS) is 12.3. The SMILES string of the molecule is CC(C)(C)C(=O)c1ccc(C(F)(F)F)cc1C(=O)O. The Morgan fingerprint density at radius 1 is 1.05 bits per heavy atom. The molecule has 0 bridgehead atoms. The van der Waals surface area contributed by atoms with E-state index in [1.807, 2.05) is 0 Å². The van der Waals surface area contributed by atoms with Crippen LogP contribution >= 0.6 is 0 Å². The average molecular weight is 274 g/mol. The molecule has 0 spiro atoms. The molecule has 0 aliphatic carbocycles. The van der Waals surface area contributed by atoms with Gasteiger partial charge in [-0.2, -0.15) is 13.2 Å². The van der Waals surface area contributed by atoms with Crippen LogP contribution in [0.25, 0.3) is 0 Å². The van der Waals surface area contributed by atoms with Gasteiger partial charge in [-0.25, -0.2) is 4.79 Å². The fraction of sp³-hybridized carbons (Fsp3) is 0.385. The van der Waals surface area contributed by atoms with Crippen molar-refractivity contribution in [3.05, 3.63) is 34.9 Å².